The number of amides is 2. The Kier molecular flexibility index (Phi) is 7.81. The molecule has 1 aromatic carbocycles. The van der Waals surface area contributed by atoms with Gasteiger partial charge in [0, 0.05) is 25.0 Å². The third-order valence-corrected chi connectivity index (χ3v) is 5.86. The highest BCUT2D eigenvalue weighted by molar-refractivity contribution is 7.13. The van der Waals surface area contributed by atoms with Crippen LogP contribution in [0.25, 0.3) is 0 Å². The van der Waals surface area contributed by atoms with E-state index in [9.17, 15) is 9.59 Å². The summed E-state index contributed by atoms with van der Waals surface area (Å²) in [4.78, 5) is 31.3. The molecular weight excluding hydrogens is 400 g/mol. The molecule has 7 nitrogen and oxygen atoms in total. The zero-order valence-corrected chi connectivity index (χ0v) is 18.6. The summed E-state index contributed by atoms with van der Waals surface area (Å²) in [5.74, 6) is 1.06. The summed E-state index contributed by atoms with van der Waals surface area (Å²) in [6, 6.07) is 8.66. The summed E-state index contributed by atoms with van der Waals surface area (Å²) >= 11 is 1.40. The fraction of sp³-hybridized carbons (Fsp3) is 0.500. The van der Waals surface area contributed by atoms with Gasteiger partial charge in [0.05, 0.1) is 5.69 Å². The van der Waals surface area contributed by atoms with Crippen molar-refractivity contribution in [2.24, 2.45) is 11.8 Å². The van der Waals surface area contributed by atoms with Crippen molar-refractivity contribution in [1.82, 2.24) is 15.2 Å². The van der Waals surface area contributed by atoms with Crippen molar-refractivity contribution in [2.75, 3.05) is 18.4 Å². The first-order chi connectivity index (χ1) is 14.4. The SMILES string of the molecule is C[C@@H]1C[C@H](C)CN(Cc2csc(NC(=O)[C@H](C)NC(=O)OCc3ccccc3)n2)C1. The Morgan fingerprint density at radius 3 is 2.63 bits per heavy atom. The monoisotopic (exact) mass is 430 g/mol. The lowest BCUT2D eigenvalue weighted by Gasteiger charge is -2.34. The van der Waals surface area contributed by atoms with E-state index in [1.165, 1.54) is 17.8 Å². The van der Waals surface area contributed by atoms with Crippen LogP contribution in [-0.2, 0) is 22.7 Å². The van der Waals surface area contributed by atoms with E-state index in [1.54, 1.807) is 6.92 Å². The number of rotatable bonds is 7. The van der Waals surface area contributed by atoms with Crippen LogP contribution in [0.3, 0.4) is 0 Å². The lowest BCUT2D eigenvalue weighted by atomic mass is 9.92. The van der Waals surface area contributed by atoms with Gasteiger partial charge in [-0.3, -0.25) is 9.69 Å². The molecule has 1 fully saturated rings. The van der Waals surface area contributed by atoms with Crippen LogP contribution in [0.15, 0.2) is 35.7 Å². The number of piperidine rings is 1. The molecule has 0 bridgehead atoms. The highest BCUT2D eigenvalue weighted by atomic mass is 32.1. The van der Waals surface area contributed by atoms with Gasteiger partial charge in [-0.1, -0.05) is 44.2 Å². The normalized spacial score (nSPS) is 20.4. The fourth-order valence-electron chi connectivity index (χ4n) is 3.81. The summed E-state index contributed by atoms with van der Waals surface area (Å²) in [7, 11) is 0. The number of carbonyl (C=O) groups is 2. The van der Waals surface area contributed by atoms with E-state index in [0.717, 1.165) is 30.9 Å². The first-order valence-corrected chi connectivity index (χ1v) is 11.2. The number of likely N-dealkylation sites (tertiary alicyclic amines) is 1. The maximum absolute atomic E-state index is 12.4. The van der Waals surface area contributed by atoms with Crippen molar-refractivity contribution in [3.05, 3.63) is 47.0 Å². The quantitative estimate of drug-likeness (QED) is 0.697. The standard InChI is InChI=1S/C22H30N4O3S/c1-15-9-16(2)11-26(10-15)12-19-14-30-21(24-19)25-20(27)17(3)23-22(28)29-13-18-7-5-4-6-8-18/h4-8,14-17H,9-13H2,1-3H3,(H,23,28)(H,24,25,27)/t15-,16+,17-/m0/s1. The molecule has 3 atom stereocenters. The number of benzene rings is 1. The summed E-state index contributed by atoms with van der Waals surface area (Å²) in [6.07, 6.45) is 0.641. The average Bonchev–Trinajstić information content (AvgIpc) is 3.13. The highest BCUT2D eigenvalue weighted by Gasteiger charge is 2.23. The van der Waals surface area contributed by atoms with Gasteiger partial charge in [-0.25, -0.2) is 9.78 Å². The second-order valence-corrected chi connectivity index (χ2v) is 9.06. The predicted octanol–water partition coefficient (Wildman–Crippen LogP) is 3.87. The summed E-state index contributed by atoms with van der Waals surface area (Å²) in [5.41, 5.74) is 1.84. The van der Waals surface area contributed by atoms with Gasteiger partial charge in [0.1, 0.15) is 12.6 Å². The van der Waals surface area contributed by atoms with E-state index in [-0.39, 0.29) is 12.5 Å². The highest BCUT2D eigenvalue weighted by Crippen LogP contribution is 2.24. The lowest BCUT2D eigenvalue weighted by Crippen LogP contribution is -2.41. The van der Waals surface area contributed by atoms with Gasteiger partial charge >= 0.3 is 6.09 Å². The molecule has 0 spiro atoms. The molecule has 1 aliphatic heterocycles. The Bertz CT molecular complexity index is 832. The summed E-state index contributed by atoms with van der Waals surface area (Å²) in [6.45, 7) is 9.30. The number of thiazole rings is 1. The maximum Gasteiger partial charge on any atom is 0.408 e. The van der Waals surface area contributed by atoms with Crippen molar-refractivity contribution >= 4 is 28.5 Å². The lowest BCUT2D eigenvalue weighted by molar-refractivity contribution is -0.117. The molecule has 3 rings (SSSR count). The number of hydrogen-bond acceptors (Lipinski definition) is 6. The Morgan fingerprint density at radius 2 is 1.93 bits per heavy atom. The van der Waals surface area contributed by atoms with Gasteiger partial charge in [-0.2, -0.15) is 0 Å². The van der Waals surface area contributed by atoms with Crippen LogP contribution in [0.4, 0.5) is 9.93 Å². The Morgan fingerprint density at radius 1 is 1.23 bits per heavy atom. The fourth-order valence-corrected chi connectivity index (χ4v) is 4.51. The molecular formula is C22H30N4O3S. The van der Waals surface area contributed by atoms with Gasteiger partial charge in [0.2, 0.25) is 5.91 Å². The first kappa shape index (κ1) is 22.2. The molecule has 2 aromatic rings. The van der Waals surface area contributed by atoms with E-state index in [4.69, 9.17) is 4.74 Å². The molecule has 0 saturated carbocycles. The van der Waals surface area contributed by atoms with E-state index in [2.05, 4.69) is 34.4 Å². The second-order valence-electron chi connectivity index (χ2n) is 8.20. The van der Waals surface area contributed by atoms with Gasteiger partial charge in [0.15, 0.2) is 5.13 Å². The number of ether oxygens (including phenoxy) is 1. The molecule has 2 heterocycles. The topological polar surface area (TPSA) is 83.6 Å². The molecule has 0 aliphatic carbocycles. The van der Waals surface area contributed by atoms with E-state index >= 15 is 0 Å². The minimum absolute atomic E-state index is 0.157. The Labute approximate surface area is 181 Å². The molecule has 8 heteroatoms. The molecule has 1 aliphatic rings. The molecule has 0 unspecified atom stereocenters. The van der Waals surface area contributed by atoms with E-state index in [0.29, 0.717) is 17.0 Å². The number of nitrogens with one attached hydrogen (secondary N) is 2. The van der Waals surface area contributed by atoms with Gasteiger partial charge in [0.25, 0.3) is 0 Å². The zero-order valence-electron chi connectivity index (χ0n) is 17.8. The predicted molar refractivity (Wildman–Crippen MR) is 118 cm³/mol. The molecule has 30 heavy (non-hydrogen) atoms. The number of alkyl carbamates (subject to hydrolysis) is 1. The van der Waals surface area contributed by atoms with Crippen LogP contribution in [0, 0.1) is 11.8 Å². The van der Waals surface area contributed by atoms with Crippen LogP contribution in [0.5, 0.6) is 0 Å². The van der Waals surface area contributed by atoms with Crippen LogP contribution >= 0.6 is 11.3 Å². The summed E-state index contributed by atoms with van der Waals surface area (Å²) in [5, 5.41) is 7.84. The van der Waals surface area contributed by atoms with Crippen molar-refractivity contribution in [2.45, 2.75) is 46.4 Å². The summed E-state index contributed by atoms with van der Waals surface area (Å²) < 4.78 is 5.16. The number of hydrogen-bond donors (Lipinski definition) is 2. The molecule has 1 aromatic heterocycles. The van der Waals surface area contributed by atoms with Crippen molar-refractivity contribution in [1.29, 1.82) is 0 Å². The molecule has 1 saturated heterocycles. The third-order valence-electron chi connectivity index (χ3n) is 5.05. The van der Waals surface area contributed by atoms with Crippen molar-refractivity contribution in [3.63, 3.8) is 0 Å². The smallest absolute Gasteiger partial charge is 0.408 e. The van der Waals surface area contributed by atoms with Crippen LogP contribution in [0.2, 0.25) is 0 Å². The third kappa shape index (κ3) is 6.81. The van der Waals surface area contributed by atoms with Crippen LogP contribution < -0.4 is 10.6 Å². The largest absolute Gasteiger partial charge is 0.445 e. The zero-order chi connectivity index (χ0) is 21.5. The number of aromatic nitrogens is 1. The first-order valence-electron chi connectivity index (χ1n) is 10.3. The minimum atomic E-state index is -0.732. The van der Waals surface area contributed by atoms with Gasteiger partial charge in [-0.05, 0) is 30.7 Å². The van der Waals surface area contributed by atoms with E-state index in [1.807, 2.05) is 35.7 Å². The van der Waals surface area contributed by atoms with Crippen molar-refractivity contribution < 1.29 is 14.3 Å². The molecule has 2 N–H and O–H groups in total. The van der Waals surface area contributed by atoms with Crippen LogP contribution in [-0.4, -0.2) is 41.0 Å². The minimum Gasteiger partial charge on any atom is -0.445 e. The number of anilines is 1. The van der Waals surface area contributed by atoms with E-state index < -0.39 is 12.1 Å². The van der Waals surface area contributed by atoms with Crippen molar-refractivity contribution in [3.8, 4) is 0 Å². The Balaban J connectivity index is 1.43. The van der Waals surface area contributed by atoms with Gasteiger partial charge < -0.3 is 15.4 Å². The van der Waals surface area contributed by atoms with Gasteiger partial charge in [-0.15, -0.1) is 11.3 Å². The number of nitrogens with zero attached hydrogens (tertiary/aromatic N) is 2. The average molecular weight is 431 g/mol. The number of carbonyl (C=O) groups excluding carboxylic acids is 2. The van der Waals surface area contributed by atoms with Crippen LogP contribution in [0.1, 0.15) is 38.4 Å². The second kappa shape index (κ2) is 10.5. The molecule has 0 radical (unpaired) electrons. The molecule has 2 amide bonds. The molecule has 162 valence electrons. The Hall–Kier alpha value is -2.45. The maximum atomic E-state index is 12.4.